The van der Waals surface area contributed by atoms with Crippen LogP contribution in [0.15, 0.2) is 30.3 Å². The quantitative estimate of drug-likeness (QED) is 0.672. The number of anilines is 1. The minimum Gasteiger partial charge on any atom is -0.481 e. The summed E-state index contributed by atoms with van der Waals surface area (Å²) in [6, 6.07) is 7.91. The Kier molecular flexibility index (Phi) is 4.60. The third-order valence-electron chi connectivity index (χ3n) is 4.27. The number of piperidine rings is 1. The summed E-state index contributed by atoms with van der Waals surface area (Å²) in [5, 5.41) is 20.0. The van der Waals surface area contributed by atoms with Gasteiger partial charge in [-0.15, -0.1) is 0 Å². The molecule has 1 fully saturated rings. The molecular formula is C17H18N4O4. The number of hydrogen-bond donors (Lipinski definition) is 1. The number of nitrogens with zero attached hydrogens (tertiary/aromatic N) is 4. The van der Waals surface area contributed by atoms with Gasteiger partial charge in [0.25, 0.3) is 5.69 Å². The highest BCUT2D eigenvalue weighted by molar-refractivity contribution is 5.71. The summed E-state index contributed by atoms with van der Waals surface area (Å²) in [7, 11) is 0. The lowest BCUT2D eigenvalue weighted by Gasteiger charge is -2.31. The number of rotatable bonds is 4. The molecule has 2 heterocycles. The molecule has 0 bridgehead atoms. The molecule has 1 aromatic heterocycles. The van der Waals surface area contributed by atoms with E-state index in [1.54, 1.807) is 12.1 Å². The predicted octanol–water partition coefficient (Wildman–Crippen LogP) is 2.66. The van der Waals surface area contributed by atoms with E-state index in [0.717, 1.165) is 18.7 Å². The van der Waals surface area contributed by atoms with E-state index in [2.05, 4.69) is 9.97 Å². The molecule has 0 spiro atoms. The van der Waals surface area contributed by atoms with Crippen molar-refractivity contribution in [2.75, 3.05) is 18.0 Å². The molecular weight excluding hydrogens is 324 g/mol. The van der Waals surface area contributed by atoms with Crippen LogP contribution in [0.2, 0.25) is 0 Å². The van der Waals surface area contributed by atoms with Gasteiger partial charge >= 0.3 is 5.97 Å². The highest BCUT2D eigenvalue weighted by atomic mass is 16.6. The lowest BCUT2D eigenvalue weighted by molar-refractivity contribution is -0.384. The molecule has 1 saturated heterocycles. The lowest BCUT2D eigenvalue weighted by atomic mass is 9.98. The fraction of sp³-hybridized carbons (Fsp3) is 0.353. The van der Waals surface area contributed by atoms with Crippen molar-refractivity contribution in [1.29, 1.82) is 0 Å². The molecule has 1 aliphatic rings. The number of carboxylic acids is 1. The Bertz CT molecular complexity index is 807. The van der Waals surface area contributed by atoms with E-state index in [1.807, 2.05) is 17.9 Å². The normalized spacial score (nSPS) is 17.3. The largest absolute Gasteiger partial charge is 0.481 e. The highest BCUT2D eigenvalue weighted by Gasteiger charge is 2.26. The molecule has 2 aromatic rings. The van der Waals surface area contributed by atoms with Crippen LogP contribution in [-0.4, -0.2) is 39.1 Å². The summed E-state index contributed by atoms with van der Waals surface area (Å²) >= 11 is 0. The molecule has 25 heavy (non-hydrogen) atoms. The molecule has 130 valence electrons. The Labute approximate surface area is 144 Å². The van der Waals surface area contributed by atoms with Crippen LogP contribution in [0.3, 0.4) is 0 Å². The third kappa shape index (κ3) is 3.73. The van der Waals surface area contributed by atoms with Gasteiger partial charge in [0.05, 0.1) is 10.8 Å². The first-order valence-electron chi connectivity index (χ1n) is 8.02. The van der Waals surface area contributed by atoms with Gasteiger partial charge in [0.15, 0.2) is 5.82 Å². The van der Waals surface area contributed by atoms with E-state index >= 15 is 0 Å². The fourth-order valence-electron chi connectivity index (χ4n) is 2.96. The van der Waals surface area contributed by atoms with Gasteiger partial charge in [-0.05, 0) is 31.9 Å². The number of nitro groups is 1. The first-order chi connectivity index (χ1) is 11.9. The van der Waals surface area contributed by atoms with Gasteiger partial charge in [-0.3, -0.25) is 14.9 Å². The topological polar surface area (TPSA) is 109 Å². The van der Waals surface area contributed by atoms with Crippen LogP contribution in [0.4, 0.5) is 11.5 Å². The van der Waals surface area contributed by atoms with Crippen molar-refractivity contribution in [2.24, 2.45) is 5.92 Å². The number of aryl methyl sites for hydroxylation is 1. The summed E-state index contributed by atoms with van der Waals surface area (Å²) in [4.78, 5) is 32.5. The van der Waals surface area contributed by atoms with Crippen LogP contribution in [0, 0.1) is 23.0 Å². The van der Waals surface area contributed by atoms with Crippen LogP contribution in [0.5, 0.6) is 0 Å². The van der Waals surface area contributed by atoms with E-state index in [9.17, 15) is 20.0 Å². The number of non-ortho nitro benzene ring substituents is 1. The molecule has 8 nitrogen and oxygen atoms in total. The molecule has 8 heteroatoms. The van der Waals surface area contributed by atoms with Gasteiger partial charge in [0.1, 0.15) is 5.82 Å². The second kappa shape index (κ2) is 6.84. The van der Waals surface area contributed by atoms with Gasteiger partial charge in [-0.2, -0.15) is 0 Å². The average molecular weight is 342 g/mol. The zero-order valence-corrected chi connectivity index (χ0v) is 13.8. The van der Waals surface area contributed by atoms with Crippen molar-refractivity contribution in [2.45, 2.75) is 19.8 Å². The summed E-state index contributed by atoms with van der Waals surface area (Å²) in [6.45, 7) is 3.02. The van der Waals surface area contributed by atoms with Crippen LogP contribution in [-0.2, 0) is 4.79 Å². The van der Waals surface area contributed by atoms with Crippen molar-refractivity contribution in [3.8, 4) is 11.4 Å². The maximum Gasteiger partial charge on any atom is 0.308 e. The molecule has 1 N–H and O–H groups in total. The van der Waals surface area contributed by atoms with Crippen molar-refractivity contribution >= 4 is 17.5 Å². The number of carboxylic acid groups (broad SMARTS) is 1. The lowest BCUT2D eigenvalue weighted by Crippen LogP contribution is -2.39. The Hall–Kier alpha value is -3.03. The molecule has 1 unspecified atom stereocenters. The van der Waals surface area contributed by atoms with Crippen molar-refractivity contribution < 1.29 is 14.8 Å². The number of aromatic nitrogens is 2. The number of nitro benzene ring substituents is 1. The van der Waals surface area contributed by atoms with Crippen molar-refractivity contribution in [3.05, 3.63) is 46.1 Å². The summed E-state index contributed by atoms with van der Waals surface area (Å²) in [6.07, 6.45) is 1.47. The Morgan fingerprint density at radius 2 is 2.04 bits per heavy atom. The van der Waals surface area contributed by atoms with E-state index in [0.29, 0.717) is 30.2 Å². The summed E-state index contributed by atoms with van der Waals surface area (Å²) in [5.41, 5.74) is 1.45. The van der Waals surface area contributed by atoms with Crippen LogP contribution < -0.4 is 4.90 Å². The molecule has 3 rings (SSSR count). The average Bonchev–Trinajstić information content (AvgIpc) is 2.61. The molecule has 0 saturated carbocycles. The molecule has 1 aromatic carbocycles. The van der Waals surface area contributed by atoms with Gasteiger partial charge in [-0.25, -0.2) is 9.97 Å². The molecule has 0 radical (unpaired) electrons. The standard InChI is InChI=1S/C17H18N4O4/c1-11-9-15(20-8-2-3-13(10-20)17(22)23)19-16(18-11)12-4-6-14(7-5-12)21(24)25/h4-7,9,13H,2-3,8,10H2,1H3,(H,22,23). The zero-order chi connectivity index (χ0) is 18.0. The number of hydrogen-bond acceptors (Lipinski definition) is 6. The Morgan fingerprint density at radius 1 is 1.32 bits per heavy atom. The number of aliphatic carboxylic acids is 1. The SMILES string of the molecule is Cc1cc(N2CCCC(C(=O)O)C2)nc(-c2ccc([N+](=O)[O-])cc2)n1. The predicted molar refractivity (Wildman–Crippen MR) is 91.4 cm³/mol. The second-order valence-corrected chi connectivity index (χ2v) is 6.12. The van der Waals surface area contributed by atoms with E-state index in [4.69, 9.17) is 0 Å². The smallest absolute Gasteiger partial charge is 0.308 e. The second-order valence-electron chi connectivity index (χ2n) is 6.12. The van der Waals surface area contributed by atoms with Gasteiger partial charge in [0.2, 0.25) is 0 Å². The summed E-state index contributed by atoms with van der Waals surface area (Å²) < 4.78 is 0. The summed E-state index contributed by atoms with van der Waals surface area (Å²) in [5.74, 6) is -0.0212. The van der Waals surface area contributed by atoms with Crippen LogP contribution in [0.25, 0.3) is 11.4 Å². The molecule has 0 amide bonds. The highest BCUT2D eigenvalue weighted by Crippen LogP contribution is 2.26. The monoisotopic (exact) mass is 342 g/mol. The first kappa shape index (κ1) is 16.8. The fourth-order valence-corrected chi connectivity index (χ4v) is 2.96. The Morgan fingerprint density at radius 3 is 2.68 bits per heavy atom. The van der Waals surface area contributed by atoms with Gasteiger partial charge in [-0.1, -0.05) is 0 Å². The number of carbonyl (C=O) groups is 1. The number of benzene rings is 1. The van der Waals surface area contributed by atoms with Crippen LogP contribution >= 0.6 is 0 Å². The van der Waals surface area contributed by atoms with Crippen molar-refractivity contribution in [1.82, 2.24) is 9.97 Å². The van der Waals surface area contributed by atoms with E-state index in [1.165, 1.54) is 12.1 Å². The van der Waals surface area contributed by atoms with Crippen molar-refractivity contribution in [3.63, 3.8) is 0 Å². The van der Waals surface area contributed by atoms with E-state index < -0.39 is 16.8 Å². The maximum absolute atomic E-state index is 11.3. The van der Waals surface area contributed by atoms with Gasteiger partial charge < -0.3 is 10.0 Å². The van der Waals surface area contributed by atoms with Gasteiger partial charge in [0, 0.05) is 42.5 Å². The minimum atomic E-state index is -0.786. The molecule has 1 atom stereocenters. The Balaban J connectivity index is 1.90. The molecule has 0 aliphatic carbocycles. The third-order valence-corrected chi connectivity index (χ3v) is 4.27. The maximum atomic E-state index is 11.3. The van der Waals surface area contributed by atoms with E-state index in [-0.39, 0.29) is 5.69 Å². The zero-order valence-electron chi connectivity index (χ0n) is 13.8. The molecule has 1 aliphatic heterocycles. The minimum absolute atomic E-state index is 0.0111. The van der Waals surface area contributed by atoms with Crippen LogP contribution in [0.1, 0.15) is 18.5 Å². The first-order valence-corrected chi connectivity index (χ1v) is 8.02.